The fraction of sp³-hybridized carbons (Fsp3) is 0.200. The summed E-state index contributed by atoms with van der Waals surface area (Å²) in [6, 6.07) is 18.0. The van der Waals surface area contributed by atoms with E-state index < -0.39 is 28.0 Å². The first-order valence-electron chi connectivity index (χ1n) is 10.3. The van der Waals surface area contributed by atoms with Crippen LogP contribution in [0.3, 0.4) is 0 Å². The highest BCUT2D eigenvalue weighted by Gasteiger charge is 2.21. The molecule has 3 rings (SSSR count). The number of amides is 1. The van der Waals surface area contributed by atoms with Gasteiger partial charge in [0.15, 0.2) is 6.10 Å². The van der Waals surface area contributed by atoms with Gasteiger partial charge in [0.1, 0.15) is 0 Å². The molecule has 0 aliphatic heterocycles. The lowest BCUT2D eigenvalue weighted by Gasteiger charge is -2.14. The van der Waals surface area contributed by atoms with Crippen molar-refractivity contribution in [3.8, 4) is 0 Å². The highest BCUT2D eigenvalue weighted by Crippen LogP contribution is 2.22. The summed E-state index contributed by atoms with van der Waals surface area (Å²) in [6.45, 7) is 7.11. The van der Waals surface area contributed by atoms with E-state index >= 15 is 0 Å². The second kappa shape index (κ2) is 9.87. The fourth-order valence-corrected chi connectivity index (χ4v) is 4.21. The predicted octanol–water partition coefficient (Wildman–Crippen LogP) is 4.60. The number of nitrogens with one attached hydrogen (secondary N) is 2. The van der Waals surface area contributed by atoms with E-state index in [2.05, 4.69) is 10.0 Å². The minimum absolute atomic E-state index is 0.00481. The van der Waals surface area contributed by atoms with Gasteiger partial charge in [-0.05, 0) is 86.8 Å². The molecule has 0 heterocycles. The first kappa shape index (κ1) is 24.0. The average molecular weight is 467 g/mol. The van der Waals surface area contributed by atoms with Crippen LogP contribution in [0.15, 0.2) is 71.6 Å². The van der Waals surface area contributed by atoms with Gasteiger partial charge in [-0.15, -0.1) is 0 Å². The van der Waals surface area contributed by atoms with Gasteiger partial charge in [-0.2, -0.15) is 0 Å². The number of carbonyl (C=O) groups excluding carboxylic acids is 2. The molecular weight excluding hydrogens is 440 g/mol. The van der Waals surface area contributed by atoms with Crippen LogP contribution in [0.1, 0.15) is 34.0 Å². The Balaban J connectivity index is 1.65. The molecule has 1 atom stereocenters. The Hall–Kier alpha value is -3.65. The molecule has 3 aromatic rings. The van der Waals surface area contributed by atoms with E-state index in [9.17, 15) is 18.0 Å². The molecule has 0 aromatic heterocycles. The smallest absolute Gasteiger partial charge is 0.338 e. The van der Waals surface area contributed by atoms with Crippen molar-refractivity contribution in [2.45, 2.75) is 38.7 Å². The zero-order valence-corrected chi connectivity index (χ0v) is 19.7. The summed E-state index contributed by atoms with van der Waals surface area (Å²) in [6.07, 6.45) is -1.03. The van der Waals surface area contributed by atoms with Gasteiger partial charge in [0, 0.05) is 5.69 Å². The molecule has 0 bridgehead atoms. The van der Waals surface area contributed by atoms with E-state index in [4.69, 9.17) is 4.74 Å². The van der Waals surface area contributed by atoms with Crippen molar-refractivity contribution >= 4 is 33.3 Å². The van der Waals surface area contributed by atoms with E-state index in [-0.39, 0.29) is 10.5 Å². The van der Waals surface area contributed by atoms with Crippen LogP contribution in [0.2, 0.25) is 0 Å². The molecule has 8 heteroatoms. The van der Waals surface area contributed by atoms with Crippen LogP contribution in [0.4, 0.5) is 11.4 Å². The second-order valence-electron chi connectivity index (χ2n) is 7.78. The maximum atomic E-state index is 12.7. The number of anilines is 2. The zero-order chi connectivity index (χ0) is 24.2. The van der Waals surface area contributed by atoms with Gasteiger partial charge in [-0.1, -0.05) is 24.3 Å². The maximum Gasteiger partial charge on any atom is 0.338 e. The molecule has 0 saturated heterocycles. The highest BCUT2D eigenvalue weighted by molar-refractivity contribution is 7.92. The Morgan fingerprint density at radius 3 is 2.24 bits per heavy atom. The number of aryl methyl sites for hydroxylation is 2. The summed E-state index contributed by atoms with van der Waals surface area (Å²) < 4.78 is 33.3. The Morgan fingerprint density at radius 2 is 1.58 bits per heavy atom. The largest absolute Gasteiger partial charge is 0.449 e. The second-order valence-corrected chi connectivity index (χ2v) is 9.47. The number of carbonyl (C=O) groups is 2. The van der Waals surface area contributed by atoms with Crippen molar-refractivity contribution < 1.29 is 22.7 Å². The van der Waals surface area contributed by atoms with Gasteiger partial charge in [0.05, 0.1) is 16.1 Å². The summed E-state index contributed by atoms with van der Waals surface area (Å²) in [4.78, 5) is 24.8. The molecule has 0 saturated carbocycles. The van der Waals surface area contributed by atoms with Gasteiger partial charge >= 0.3 is 5.97 Å². The number of sulfonamides is 1. The number of hydrogen-bond acceptors (Lipinski definition) is 5. The fourth-order valence-electron chi connectivity index (χ4n) is 3.08. The molecule has 3 aromatic carbocycles. The molecule has 0 spiro atoms. The Morgan fingerprint density at radius 1 is 0.909 bits per heavy atom. The average Bonchev–Trinajstić information content (AvgIpc) is 2.77. The molecule has 0 aliphatic carbocycles. The lowest BCUT2D eigenvalue weighted by molar-refractivity contribution is -0.123. The SMILES string of the molecule is Cc1cccc(NC(=O)C(C)OC(=O)c2ccc(S(=O)(=O)Nc3cccc(C)c3C)cc2)c1. The van der Waals surface area contributed by atoms with Crippen LogP contribution in [0.25, 0.3) is 0 Å². The Labute approximate surface area is 193 Å². The first-order valence-corrected chi connectivity index (χ1v) is 11.8. The van der Waals surface area contributed by atoms with Crippen molar-refractivity contribution in [1.29, 1.82) is 0 Å². The molecule has 0 fully saturated rings. The number of esters is 1. The topological polar surface area (TPSA) is 102 Å². The van der Waals surface area contributed by atoms with E-state index in [1.54, 1.807) is 24.3 Å². The molecule has 1 amide bonds. The van der Waals surface area contributed by atoms with Crippen molar-refractivity contribution in [3.63, 3.8) is 0 Å². The molecule has 7 nitrogen and oxygen atoms in total. The molecule has 2 N–H and O–H groups in total. The van der Waals surface area contributed by atoms with Crippen molar-refractivity contribution in [1.82, 2.24) is 0 Å². The lowest BCUT2D eigenvalue weighted by atomic mass is 10.1. The van der Waals surface area contributed by atoms with Gasteiger partial charge < -0.3 is 10.1 Å². The maximum absolute atomic E-state index is 12.7. The third-order valence-corrected chi connectivity index (χ3v) is 6.57. The third-order valence-electron chi connectivity index (χ3n) is 5.19. The first-order chi connectivity index (χ1) is 15.6. The van der Waals surface area contributed by atoms with Crippen LogP contribution in [-0.2, 0) is 19.6 Å². The number of ether oxygens (including phenoxy) is 1. The van der Waals surface area contributed by atoms with E-state index in [1.165, 1.54) is 31.2 Å². The van der Waals surface area contributed by atoms with Crippen molar-refractivity contribution in [3.05, 3.63) is 89.0 Å². The van der Waals surface area contributed by atoms with E-state index in [0.717, 1.165) is 16.7 Å². The predicted molar refractivity (Wildman–Crippen MR) is 128 cm³/mol. The molecular formula is C25H26N2O5S. The third kappa shape index (κ3) is 5.98. The summed E-state index contributed by atoms with van der Waals surface area (Å²) in [5, 5.41) is 2.70. The quantitative estimate of drug-likeness (QED) is 0.496. The normalized spacial score (nSPS) is 12.0. The monoisotopic (exact) mass is 466 g/mol. The molecule has 0 aliphatic rings. The number of benzene rings is 3. The summed E-state index contributed by atoms with van der Waals surface area (Å²) in [5.41, 5.74) is 4.02. The van der Waals surface area contributed by atoms with Crippen LogP contribution < -0.4 is 10.0 Å². The lowest BCUT2D eigenvalue weighted by Crippen LogP contribution is -2.30. The van der Waals surface area contributed by atoms with Gasteiger partial charge in [0.2, 0.25) is 0 Å². The Kier molecular flexibility index (Phi) is 7.18. The zero-order valence-electron chi connectivity index (χ0n) is 18.9. The molecule has 172 valence electrons. The van der Waals surface area contributed by atoms with Crippen molar-refractivity contribution in [2.24, 2.45) is 0 Å². The van der Waals surface area contributed by atoms with E-state index in [0.29, 0.717) is 11.4 Å². The van der Waals surface area contributed by atoms with Crippen LogP contribution >= 0.6 is 0 Å². The van der Waals surface area contributed by atoms with E-state index in [1.807, 2.05) is 39.0 Å². The molecule has 0 radical (unpaired) electrons. The van der Waals surface area contributed by atoms with Gasteiger partial charge in [0.25, 0.3) is 15.9 Å². The Bertz CT molecular complexity index is 1280. The van der Waals surface area contributed by atoms with Gasteiger partial charge in [-0.25, -0.2) is 13.2 Å². The minimum Gasteiger partial charge on any atom is -0.449 e. The van der Waals surface area contributed by atoms with Crippen LogP contribution in [0, 0.1) is 20.8 Å². The molecule has 1 unspecified atom stereocenters. The summed E-state index contributed by atoms with van der Waals surface area (Å²) >= 11 is 0. The number of rotatable bonds is 7. The van der Waals surface area contributed by atoms with Gasteiger partial charge in [-0.3, -0.25) is 9.52 Å². The minimum atomic E-state index is -3.84. The van der Waals surface area contributed by atoms with Crippen LogP contribution in [-0.4, -0.2) is 26.4 Å². The van der Waals surface area contributed by atoms with Crippen LogP contribution in [0.5, 0.6) is 0 Å². The highest BCUT2D eigenvalue weighted by atomic mass is 32.2. The molecule has 33 heavy (non-hydrogen) atoms. The number of hydrogen-bond donors (Lipinski definition) is 2. The standard InChI is InChI=1S/C25H26N2O5S/c1-16-7-5-9-21(15-16)26-24(28)19(4)32-25(29)20-11-13-22(14-12-20)33(30,31)27-23-10-6-8-17(2)18(23)3/h5-15,19,27H,1-4H3,(H,26,28). The summed E-state index contributed by atoms with van der Waals surface area (Å²) in [5.74, 6) is -1.20. The summed E-state index contributed by atoms with van der Waals surface area (Å²) in [7, 11) is -3.84. The van der Waals surface area contributed by atoms with Crippen molar-refractivity contribution in [2.75, 3.05) is 10.0 Å².